The van der Waals surface area contributed by atoms with E-state index < -0.39 is 161 Å². The summed E-state index contributed by atoms with van der Waals surface area (Å²) in [6.07, 6.45) is -0.430. The third-order valence-corrected chi connectivity index (χ3v) is 15.7. The van der Waals surface area contributed by atoms with Gasteiger partial charge in [0.1, 0.15) is 66.2 Å². The normalized spacial score (nSPS) is 16.5. The number of carbonyl (C=O) groups excluding carboxylic acids is 11. The van der Waals surface area contributed by atoms with Crippen LogP contribution in [0.25, 0.3) is 0 Å². The summed E-state index contributed by atoms with van der Waals surface area (Å²) < 4.78 is 0. The number of hydrogen-bond donors (Lipinski definition) is 18. The third-order valence-electron chi connectivity index (χ3n) is 15.7. The number of carbonyl (C=O) groups is 12. The van der Waals surface area contributed by atoms with Gasteiger partial charge in [-0.3, -0.25) is 57.7 Å². The van der Waals surface area contributed by atoms with Crippen molar-refractivity contribution in [2.75, 3.05) is 26.2 Å². The Morgan fingerprint density at radius 1 is 0.543 bits per heavy atom. The second kappa shape index (κ2) is 41.5. The van der Waals surface area contributed by atoms with Crippen molar-refractivity contribution in [3.8, 4) is 5.75 Å². The average Bonchev–Trinajstić information content (AvgIpc) is 1.48. The highest BCUT2D eigenvalue weighted by molar-refractivity contribution is 5.99. The van der Waals surface area contributed by atoms with Crippen molar-refractivity contribution in [2.24, 2.45) is 63.1 Å². The Balaban J connectivity index is 2.53. The van der Waals surface area contributed by atoms with E-state index in [9.17, 15) is 72.9 Å². The fraction of sp³-hybridized carbons (Fsp3) is 0.694. The van der Waals surface area contributed by atoms with Crippen LogP contribution >= 0.6 is 0 Å². The van der Waals surface area contributed by atoms with Gasteiger partial charge in [0.2, 0.25) is 65.0 Å². The zero-order valence-electron chi connectivity index (χ0n) is 55.9. The van der Waals surface area contributed by atoms with Gasteiger partial charge in [0.05, 0.1) is 12.1 Å². The minimum absolute atomic E-state index is 0.0103. The molecule has 0 bridgehead atoms. The monoisotopic (exact) mass is 1330 g/mol. The van der Waals surface area contributed by atoms with Gasteiger partial charge in [0, 0.05) is 25.9 Å². The van der Waals surface area contributed by atoms with Gasteiger partial charge in [0.25, 0.3) is 0 Å². The molecule has 32 nitrogen and oxygen atoms in total. The van der Waals surface area contributed by atoms with E-state index in [1.54, 1.807) is 41.5 Å². The van der Waals surface area contributed by atoms with Crippen molar-refractivity contribution in [1.82, 2.24) is 52.8 Å². The number of aromatic hydroxyl groups is 1. The highest BCUT2D eigenvalue weighted by Gasteiger charge is 2.42. The Morgan fingerprint density at radius 2 is 0.979 bits per heavy atom. The SMILES string of the molecule is CC(C)C[C@H](N)C(=O)N[C@H](C(=O)N[C@@H](CCCN=C(N)N)C(=O)N[C@@H](Cc1ccc(O)cc1)C(=O)N[C@H](C(=O)N[C@@H](CCCCN)C(=O)N[C@@H](CCCCN)C(=O)N[C@H](C(=O)N1CCC[C@H]1C(=O)N[C@@H](CCC(N)=O)C(=O)N[C@H](C(=O)O)C(C)C)C(C)C)[C@@H](C)O)C(C)C. The number of amides is 11. The number of rotatable bonds is 43. The molecule has 0 radical (unpaired) electrons. The predicted molar refractivity (Wildman–Crippen MR) is 349 cm³/mol. The first-order valence-electron chi connectivity index (χ1n) is 32.4. The van der Waals surface area contributed by atoms with Crippen LogP contribution in [-0.2, 0) is 64.0 Å². The van der Waals surface area contributed by atoms with Gasteiger partial charge >= 0.3 is 5.97 Å². The molecule has 1 aliphatic rings. The number of carboxylic acids is 1. The lowest BCUT2D eigenvalue weighted by Crippen LogP contribution is -2.62. The molecular weight excluding hydrogens is 1220 g/mol. The first kappa shape index (κ1) is 81.9. The minimum Gasteiger partial charge on any atom is -0.508 e. The van der Waals surface area contributed by atoms with Gasteiger partial charge in [-0.1, -0.05) is 67.5 Å². The van der Waals surface area contributed by atoms with Crippen LogP contribution in [0, 0.1) is 23.7 Å². The predicted octanol–water partition coefficient (Wildman–Crippen LogP) is -3.33. The Kier molecular flexibility index (Phi) is 36.1. The Bertz CT molecular complexity index is 2710. The van der Waals surface area contributed by atoms with E-state index in [4.69, 9.17) is 34.4 Å². The number of aliphatic hydroxyl groups is 1. The number of hydrogen-bond acceptors (Lipinski definition) is 18. The van der Waals surface area contributed by atoms with Gasteiger partial charge in [0.15, 0.2) is 5.96 Å². The molecule has 2 rings (SSSR count). The van der Waals surface area contributed by atoms with E-state index >= 15 is 0 Å². The topological polar surface area (TPSA) is 546 Å². The smallest absolute Gasteiger partial charge is 0.326 e. The molecule has 1 fully saturated rings. The number of unbranched alkanes of at least 4 members (excludes halogenated alkanes) is 2. The molecule has 0 aliphatic carbocycles. The number of nitrogens with zero attached hydrogens (tertiary/aromatic N) is 2. The number of aliphatic carboxylic acids is 1. The fourth-order valence-corrected chi connectivity index (χ4v) is 10.3. The average molecular weight is 1330 g/mol. The number of likely N-dealkylation sites (tertiary alicyclic amines) is 1. The zero-order valence-corrected chi connectivity index (χ0v) is 55.9. The highest BCUT2D eigenvalue weighted by atomic mass is 16.4. The standard InChI is InChI=1S/C62H107N17O15/c1-32(2)30-39(65)51(83)75-47(33(3)4)58(90)72-42(18-14-28-69-62(67)68)53(85)74-44(31-37-20-22-38(81)23-21-37)56(88)78-50(36(9)80)59(91)73-40(16-10-12-26-63)52(84)70-41(17-11-13-27-64)54(86)76-48(34(5)6)60(92)79-29-15-19-45(79)57(89)71-43(24-25-46(66)82)55(87)77-49(35(7)8)61(93)94/h20-23,32-36,39-45,47-50,80-81H,10-19,24-31,63-65H2,1-9H3,(H2,66,82)(H,70,84)(H,71,89)(H,72,90)(H,73,91)(H,74,85)(H,75,83)(H,76,86)(H,77,87)(H,78,88)(H,93,94)(H4,67,68,69)/t36-,39+,40+,41+,42+,43+,44+,45+,47+,48+,49+,50+/m1/s1. The van der Waals surface area contributed by atoms with Crippen LogP contribution in [0.15, 0.2) is 29.3 Å². The molecule has 11 amide bonds. The first-order valence-corrected chi connectivity index (χ1v) is 32.4. The second-order valence-corrected chi connectivity index (χ2v) is 25.4. The number of primary amides is 1. The number of aliphatic imine (C=N–C) groups is 1. The van der Waals surface area contributed by atoms with Crippen LogP contribution in [0.5, 0.6) is 5.75 Å². The van der Waals surface area contributed by atoms with Gasteiger partial charge in [-0.25, -0.2) is 4.79 Å². The van der Waals surface area contributed by atoms with Crippen LogP contribution in [0.4, 0.5) is 0 Å². The summed E-state index contributed by atoms with van der Waals surface area (Å²) in [5, 5.41) is 54.5. The molecule has 94 heavy (non-hydrogen) atoms. The molecule has 1 aromatic carbocycles. The molecule has 12 atom stereocenters. The number of phenols is 1. The summed E-state index contributed by atoms with van der Waals surface area (Å²) in [6.45, 7) is 15.3. The lowest BCUT2D eigenvalue weighted by molar-refractivity contribution is -0.145. The molecule has 0 unspecified atom stereocenters. The molecule has 24 N–H and O–H groups in total. The molecule has 1 aliphatic heterocycles. The van der Waals surface area contributed by atoms with Crippen LogP contribution in [-0.4, -0.2) is 196 Å². The molecule has 32 heteroatoms. The lowest BCUT2D eigenvalue weighted by Gasteiger charge is -2.32. The largest absolute Gasteiger partial charge is 0.508 e. The molecule has 1 heterocycles. The summed E-state index contributed by atoms with van der Waals surface area (Å²) in [7, 11) is 0. The molecule has 0 saturated carbocycles. The first-order chi connectivity index (χ1) is 44.1. The van der Waals surface area contributed by atoms with Gasteiger partial charge in [-0.05, 0) is 138 Å². The van der Waals surface area contributed by atoms with E-state index in [2.05, 4.69) is 52.8 Å². The number of phenolic OH excluding ortho intramolecular Hbond substituents is 1. The van der Waals surface area contributed by atoms with E-state index in [1.807, 2.05) is 13.8 Å². The Labute approximate surface area is 550 Å². The van der Waals surface area contributed by atoms with E-state index in [0.717, 1.165) is 0 Å². The third kappa shape index (κ3) is 28.6. The van der Waals surface area contributed by atoms with Crippen molar-refractivity contribution in [3.05, 3.63) is 29.8 Å². The number of guanidine groups is 1. The molecule has 1 aromatic rings. The second-order valence-electron chi connectivity index (χ2n) is 25.4. The maximum atomic E-state index is 14.6. The summed E-state index contributed by atoms with van der Waals surface area (Å²) in [5.74, 6) is -12.4. The molecule has 1 saturated heterocycles. The van der Waals surface area contributed by atoms with Crippen molar-refractivity contribution >= 4 is 76.9 Å². The minimum atomic E-state index is -1.81. The molecule has 530 valence electrons. The Hall–Kier alpha value is -8.23. The van der Waals surface area contributed by atoms with Crippen molar-refractivity contribution in [3.63, 3.8) is 0 Å². The number of aliphatic hydroxyl groups excluding tert-OH is 1. The summed E-state index contributed by atoms with van der Waals surface area (Å²) in [6, 6.07) is -9.22. The number of benzene rings is 1. The summed E-state index contributed by atoms with van der Waals surface area (Å²) in [5.41, 5.74) is 34.6. The lowest BCUT2D eigenvalue weighted by atomic mass is 9.99. The van der Waals surface area contributed by atoms with E-state index in [0.29, 0.717) is 37.7 Å². The van der Waals surface area contributed by atoms with Crippen molar-refractivity contribution in [1.29, 1.82) is 0 Å². The van der Waals surface area contributed by atoms with Crippen LogP contribution in [0.1, 0.15) is 151 Å². The number of nitrogens with two attached hydrogens (primary N) is 6. The summed E-state index contributed by atoms with van der Waals surface area (Å²) in [4.78, 5) is 171. The van der Waals surface area contributed by atoms with Gasteiger partial charge < -0.3 is 102 Å². The van der Waals surface area contributed by atoms with Crippen LogP contribution < -0.4 is 82.3 Å². The maximum absolute atomic E-state index is 14.6. The number of nitrogens with one attached hydrogen (secondary N) is 9. The zero-order chi connectivity index (χ0) is 71.1. The fourth-order valence-electron chi connectivity index (χ4n) is 10.3. The van der Waals surface area contributed by atoms with Crippen molar-refractivity contribution in [2.45, 2.75) is 225 Å². The number of carboxylic acid groups (broad SMARTS) is 1. The van der Waals surface area contributed by atoms with E-state index in [1.165, 1.54) is 36.1 Å². The summed E-state index contributed by atoms with van der Waals surface area (Å²) >= 11 is 0. The highest BCUT2D eigenvalue weighted by Crippen LogP contribution is 2.22. The van der Waals surface area contributed by atoms with Gasteiger partial charge in [-0.15, -0.1) is 0 Å². The van der Waals surface area contributed by atoms with Crippen LogP contribution in [0.2, 0.25) is 0 Å². The molecule has 0 spiro atoms. The quantitative estimate of drug-likeness (QED) is 0.0173. The Morgan fingerprint density at radius 3 is 1.45 bits per heavy atom. The molecular formula is C62H107N17O15. The van der Waals surface area contributed by atoms with Gasteiger partial charge in [-0.2, -0.15) is 0 Å². The molecule has 0 aromatic heterocycles. The van der Waals surface area contributed by atoms with Crippen molar-refractivity contribution < 1.29 is 72.9 Å². The van der Waals surface area contributed by atoms with Crippen LogP contribution in [0.3, 0.4) is 0 Å². The maximum Gasteiger partial charge on any atom is 0.326 e. The van der Waals surface area contributed by atoms with E-state index in [-0.39, 0.29) is 102 Å².